The van der Waals surface area contributed by atoms with E-state index >= 15 is 0 Å². The fraction of sp³-hybridized carbons (Fsp3) is 0.417. The summed E-state index contributed by atoms with van der Waals surface area (Å²) in [6.07, 6.45) is 2.42. The van der Waals surface area contributed by atoms with Gasteiger partial charge in [-0.25, -0.2) is 8.78 Å². The second-order valence-corrected chi connectivity index (χ2v) is 3.87. The molecular formula is C12H13F2O. The van der Waals surface area contributed by atoms with Crippen LogP contribution in [0.3, 0.4) is 0 Å². The predicted molar refractivity (Wildman–Crippen MR) is 53.6 cm³/mol. The van der Waals surface area contributed by atoms with Gasteiger partial charge in [-0.2, -0.15) is 0 Å². The molecule has 1 aliphatic rings. The maximum Gasteiger partial charge on any atom is 0.133 e. The Morgan fingerprint density at radius 2 is 1.87 bits per heavy atom. The molecule has 0 saturated heterocycles. The molecule has 3 heteroatoms. The number of ether oxygens (including phenoxy) is 1. The summed E-state index contributed by atoms with van der Waals surface area (Å²) in [5, 5.41) is 0. The number of rotatable bonds is 4. The molecule has 1 aromatic rings. The number of halogens is 2. The van der Waals surface area contributed by atoms with Crippen LogP contribution >= 0.6 is 0 Å². The molecule has 0 aromatic heterocycles. The molecule has 0 aliphatic heterocycles. The highest BCUT2D eigenvalue weighted by molar-refractivity contribution is 5.31. The van der Waals surface area contributed by atoms with Gasteiger partial charge in [-0.1, -0.05) is 0 Å². The Morgan fingerprint density at radius 3 is 2.33 bits per heavy atom. The summed E-state index contributed by atoms with van der Waals surface area (Å²) in [6.45, 7) is 4.03. The van der Waals surface area contributed by atoms with Crippen molar-refractivity contribution in [3.63, 3.8) is 0 Å². The van der Waals surface area contributed by atoms with Crippen molar-refractivity contribution in [3.8, 4) is 5.75 Å². The topological polar surface area (TPSA) is 9.23 Å². The molecule has 0 atom stereocenters. The zero-order valence-corrected chi connectivity index (χ0v) is 8.43. The molecule has 1 saturated carbocycles. The zero-order valence-electron chi connectivity index (χ0n) is 8.43. The normalized spacial score (nSPS) is 15.4. The highest BCUT2D eigenvalue weighted by Crippen LogP contribution is 2.30. The molecule has 0 unspecified atom stereocenters. The molecule has 0 N–H and O–H groups in total. The standard InChI is InChI=1S/C12H13F2O/c1-2-10-11(13)5-9(6-12(10)14)15-7-8-3-4-8/h5-6,8H,1-4,7H2. The number of benzene rings is 1. The number of hydrogen-bond acceptors (Lipinski definition) is 1. The molecule has 2 rings (SSSR count). The van der Waals surface area contributed by atoms with Gasteiger partial charge in [0, 0.05) is 17.7 Å². The van der Waals surface area contributed by atoms with Gasteiger partial charge in [0.2, 0.25) is 0 Å². The van der Waals surface area contributed by atoms with Gasteiger partial charge in [0.05, 0.1) is 6.61 Å². The van der Waals surface area contributed by atoms with E-state index in [0.717, 1.165) is 12.8 Å². The molecule has 0 amide bonds. The minimum absolute atomic E-state index is 0.0220. The van der Waals surface area contributed by atoms with Crippen LogP contribution < -0.4 is 4.74 Å². The maximum absolute atomic E-state index is 13.3. The molecule has 81 valence electrons. The van der Waals surface area contributed by atoms with E-state index in [1.54, 1.807) is 0 Å². The van der Waals surface area contributed by atoms with Crippen molar-refractivity contribution in [1.82, 2.24) is 0 Å². The summed E-state index contributed by atoms with van der Waals surface area (Å²) in [5.41, 5.74) is 0.0220. The van der Waals surface area contributed by atoms with E-state index in [1.807, 2.05) is 0 Å². The molecule has 1 nitrogen and oxygen atoms in total. The van der Waals surface area contributed by atoms with E-state index in [-0.39, 0.29) is 17.7 Å². The van der Waals surface area contributed by atoms with Crippen LogP contribution in [0.1, 0.15) is 18.4 Å². The van der Waals surface area contributed by atoms with E-state index in [4.69, 9.17) is 4.74 Å². The average Bonchev–Trinajstić information content (AvgIpc) is 2.97. The molecule has 0 spiro atoms. The van der Waals surface area contributed by atoms with E-state index < -0.39 is 11.6 Å². The number of hydrogen-bond donors (Lipinski definition) is 0. The maximum atomic E-state index is 13.3. The van der Waals surface area contributed by atoms with Crippen molar-refractivity contribution >= 4 is 0 Å². The zero-order chi connectivity index (χ0) is 10.8. The van der Waals surface area contributed by atoms with Gasteiger partial charge in [-0.3, -0.25) is 0 Å². The Labute approximate surface area is 88.1 Å². The first kappa shape index (κ1) is 10.4. The van der Waals surface area contributed by atoms with E-state index in [0.29, 0.717) is 12.5 Å². The van der Waals surface area contributed by atoms with Crippen molar-refractivity contribution < 1.29 is 13.5 Å². The lowest BCUT2D eigenvalue weighted by atomic mass is 10.1. The summed E-state index contributed by atoms with van der Waals surface area (Å²) in [6, 6.07) is 2.46. The fourth-order valence-electron chi connectivity index (χ4n) is 1.40. The molecule has 1 aromatic carbocycles. The van der Waals surface area contributed by atoms with Crippen molar-refractivity contribution in [2.24, 2.45) is 5.92 Å². The van der Waals surface area contributed by atoms with Crippen molar-refractivity contribution in [3.05, 3.63) is 36.3 Å². The Bertz CT molecular complexity index is 336. The summed E-state index contributed by atoms with van der Waals surface area (Å²) in [4.78, 5) is 0. The Morgan fingerprint density at radius 1 is 1.27 bits per heavy atom. The lowest BCUT2D eigenvalue weighted by Crippen LogP contribution is -2.01. The minimum atomic E-state index is -0.573. The van der Waals surface area contributed by atoms with Crippen LogP contribution in [0.25, 0.3) is 0 Å². The van der Waals surface area contributed by atoms with Crippen LogP contribution in [0.5, 0.6) is 5.75 Å². The highest BCUT2D eigenvalue weighted by Gasteiger charge is 2.22. The quantitative estimate of drug-likeness (QED) is 0.743. The smallest absolute Gasteiger partial charge is 0.133 e. The van der Waals surface area contributed by atoms with Gasteiger partial charge in [-0.05, 0) is 32.1 Å². The third-order valence-electron chi connectivity index (χ3n) is 2.55. The SMILES string of the molecule is [CH2]Cc1c(F)cc(OCC2CC2)cc1F. The monoisotopic (exact) mass is 211 g/mol. The summed E-state index contributed by atoms with van der Waals surface area (Å²) < 4.78 is 31.9. The predicted octanol–water partition coefficient (Wildman–Crippen LogP) is 3.13. The lowest BCUT2D eigenvalue weighted by molar-refractivity contribution is 0.296. The Kier molecular flexibility index (Phi) is 2.89. The van der Waals surface area contributed by atoms with Crippen molar-refractivity contribution in [2.45, 2.75) is 19.3 Å². The largest absolute Gasteiger partial charge is 0.493 e. The third kappa shape index (κ3) is 2.46. The average molecular weight is 211 g/mol. The van der Waals surface area contributed by atoms with E-state index in [2.05, 4.69) is 6.92 Å². The fourth-order valence-corrected chi connectivity index (χ4v) is 1.40. The first-order valence-corrected chi connectivity index (χ1v) is 5.10. The van der Waals surface area contributed by atoms with Crippen LogP contribution in [-0.4, -0.2) is 6.61 Å². The molecule has 1 fully saturated rings. The van der Waals surface area contributed by atoms with Crippen LogP contribution in [-0.2, 0) is 6.42 Å². The third-order valence-corrected chi connectivity index (χ3v) is 2.55. The lowest BCUT2D eigenvalue weighted by Gasteiger charge is -2.08. The van der Waals surface area contributed by atoms with Gasteiger partial charge in [0.15, 0.2) is 0 Å². The van der Waals surface area contributed by atoms with Crippen LogP contribution in [0.4, 0.5) is 8.78 Å². The summed E-state index contributed by atoms with van der Waals surface area (Å²) >= 11 is 0. The van der Waals surface area contributed by atoms with Gasteiger partial charge in [0.1, 0.15) is 17.4 Å². The highest BCUT2D eigenvalue weighted by atomic mass is 19.1. The second-order valence-electron chi connectivity index (χ2n) is 3.87. The summed E-state index contributed by atoms with van der Waals surface area (Å²) in [5.74, 6) is -0.302. The van der Waals surface area contributed by atoms with E-state index in [1.165, 1.54) is 12.1 Å². The first-order chi connectivity index (χ1) is 7.20. The Balaban J connectivity index is 2.10. The van der Waals surface area contributed by atoms with Gasteiger partial charge in [-0.15, -0.1) is 0 Å². The van der Waals surface area contributed by atoms with Gasteiger partial charge < -0.3 is 4.74 Å². The molecule has 0 bridgehead atoms. The van der Waals surface area contributed by atoms with Crippen molar-refractivity contribution in [1.29, 1.82) is 0 Å². The molecular weight excluding hydrogens is 198 g/mol. The minimum Gasteiger partial charge on any atom is -0.493 e. The molecule has 1 aliphatic carbocycles. The van der Waals surface area contributed by atoms with Gasteiger partial charge >= 0.3 is 0 Å². The summed E-state index contributed by atoms with van der Waals surface area (Å²) in [7, 11) is 0. The molecule has 0 heterocycles. The van der Waals surface area contributed by atoms with Crippen molar-refractivity contribution in [2.75, 3.05) is 6.61 Å². The molecule has 15 heavy (non-hydrogen) atoms. The second kappa shape index (κ2) is 4.17. The molecule has 1 radical (unpaired) electrons. The van der Waals surface area contributed by atoms with Crippen LogP contribution in [0.2, 0.25) is 0 Å². The first-order valence-electron chi connectivity index (χ1n) is 5.10. The Hall–Kier alpha value is -1.12. The van der Waals surface area contributed by atoms with E-state index in [9.17, 15) is 8.78 Å². The van der Waals surface area contributed by atoms with Crippen LogP contribution in [0, 0.1) is 24.5 Å². The van der Waals surface area contributed by atoms with Gasteiger partial charge in [0.25, 0.3) is 0 Å². The van der Waals surface area contributed by atoms with Crippen LogP contribution in [0.15, 0.2) is 12.1 Å².